The minimum absolute atomic E-state index is 0.211. The molecule has 0 fully saturated rings. The number of hydrogen-bond donors (Lipinski definition) is 3. The van der Waals surface area contributed by atoms with E-state index in [-0.39, 0.29) is 5.56 Å². The zero-order valence-corrected chi connectivity index (χ0v) is 17.4. The lowest BCUT2D eigenvalue weighted by atomic mass is 9.97. The summed E-state index contributed by atoms with van der Waals surface area (Å²) < 4.78 is 0. The van der Waals surface area contributed by atoms with Crippen LogP contribution in [0.1, 0.15) is 33.1 Å². The second kappa shape index (κ2) is 7.46. The maximum atomic E-state index is 12.0. The Morgan fingerprint density at radius 2 is 1.18 bits per heavy atom. The van der Waals surface area contributed by atoms with Crippen LogP contribution in [0.15, 0.2) is 66.7 Å². The quantitative estimate of drug-likeness (QED) is 0.313. The highest BCUT2D eigenvalue weighted by molar-refractivity contribution is 6.00. The van der Waals surface area contributed by atoms with Crippen LogP contribution in [-0.2, 0) is 0 Å². The molecule has 6 nitrogen and oxygen atoms in total. The second-order valence-corrected chi connectivity index (χ2v) is 7.91. The number of nitrogens with zero attached hydrogens (tertiary/aromatic N) is 2. The van der Waals surface area contributed by atoms with Crippen LogP contribution in [0, 0.1) is 0 Å². The first kappa shape index (κ1) is 19.0. The SMILES string of the molecule is O=C(O)c1ccccc1-c1c2nc(cc3ccc(cc4ccc(cc5nc1C=C5)[nH]4)[nH]3)C=C2. The Hall–Kier alpha value is -4.71. The molecule has 0 aliphatic carbocycles. The summed E-state index contributed by atoms with van der Waals surface area (Å²) in [5.41, 5.74) is 8.19. The number of fused-ring (bicyclic) bond motifs is 8. The molecule has 0 radical (unpaired) electrons. The number of carboxylic acid groups (broad SMARTS) is 1. The second-order valence-electron chi connectivity index (χ2n) is 7.91. The van der Waals surface area contributed by atoms with Crippen LogP contribution >= 0.6 is 0 Å². The number of hydrogen-bond acceptors (Lipinski definition) is 3. The molecule has 0 unspecified atom stereocenters. The number of rotatable bonds is 2. The van der Waals surface area contributed by atoms with Gasteiger partial charge in [-0.15, -0.1) is 0 Å². The Balaban J connectivity index is 1.74. The highest BCUT2D eigenvalue weighted by Crippen LogP contribution is 2.33. The molecule has 5 heterocycles. The van der Waals surface area contributed by atoms with E-state index in [1.165, 1.54) is 0 Å². The van der Waals surface area contributed by atoms with Gasteiger partial charge in [-0.1, -0.05) is 18.2 Å². The van der Waals surface area contributed by atoms with E-state index in [2.05, 4.69) is 9.97 Å². The minimum atomic E-state index is -0.990. The smallest absolute Gasteiger partial charge is 0.336 e. The predicted octanol–water partition coefficient (Wildman–Crippen LogP) is 6.02. The predicted molar refractivity (Wildman–Crippen MR) is 131 cm³/mol. The van der Waals surface area contributed by atoms with Gasteiger partial charge in [0, 0.05) is 33.2 Å². The third kappa shape index (κ3) is 3.53. The highest BCUT2D eigenvalue weighted by Gasteiger charge is 2.19. The first-order chi connectivity index (χ1) is 16.1. The summed E-state index contributed by atoms with van der Waals surface area (Å²) >= 11 is 0. The summed E-state index contributed by atoms with van der Waals surface area (Å²) in [6, 6.07) is 21.0. The number of aromatic amines is 2. The summed E-state index contributed by atoms with van der Waals surface area (Å²) in [6.07, 6.45) is 7.66. The third-order valence-electron chi connectivity index (χ3n) is 5.64. The van der Waals surface area contributed by atoms with Crippen molar-refractivity contribution in [1.29, 1.82) is 0 Å². The van der Waals surface area contributed by atoms with E-state index in [1.807, 2.05) is 72.8 Å². The molecule has 3 aromatic heterocycles. The Bertz CT molecular complexity index is 1560. The van der Waals surface area contributed by atoms with Gasteiger partial charge in [-0.2, -0.15) is 0 Å². The maximum Gasteiger partial charge on any atom is 0.336 e. The third-order valence-corrected chi connectivity index (χ3v) is 5.64. The Kier molecular flexibility index (Phi) is 4.30. The molecule has 4 aromatic rings. The number of carbonyl (C=O) groups is 1. The maximum absolute atomic E-state index is 12.0. The fourth-order valence-corrected chi connectivity index (χ4v) is 4.17. The Morgan fingerprint density at radius 1 is 0.667 bits per heavy atom. The molecule has 0 saturated heterocycles. The van der Waals surface area contributed by atoms with Crippen LogP contribution < -0.4 is 0 Å². The van der Waals surface area contributed by atoms with Crippen molar-refractivity contribution < 1.29 is 9.90 Å². The summed E-state index contributed by atoms with van der Waals surface area (Å²) in [7, 11) is 0. The van der Waals surface area contributed by atoms with Crippen LogP contribution in [0.3, 0.4) is 0 Å². The van der Waals surface area contributed by atoms with Crippen molar-refractivity contribution in [3.05, 3.63) is 95.1 Å². The molecule has 33 heavy (non-hydrogen) atoms. The lowest BCUT2D eigenvalue weighted by Gasteiger charge is -2.08. The van der Waals surface area contributed by atoms with Gasteiger partial charge in [-0.25, -0.2) is 14.8 Å². The Labute approximate surface area is 188 Å². The van der Waals surface area contributed by atoms with Gasteiger partial charge < -0.3 is 15.1 Å². The molecule has 3 N–H and O–H groups in total. The van der Waals surface area contributed by atoms with Crippen LogP contribution in [0.4, 0.5) is 0 Å². The van der Waals surface area contributed by atoms with E-state index < -0.39 is 5.97 Å². The average molecular weight is 430 g/mol. The highest BCUT2D eigenvalue weighted by atomic mass is 16.4. The summed E-state index contributed by atoms with van der Waals surface area (Å²) in [6.45, 7) is 0. The number of benzene rings is 1. The van der Waals surface area contributed by atoms with Gasteiger partial charge >= 0.3 is 5.97 Å². The monoisotopic (exact) mass is 430 g/mol. The molecular formula is C27H18N4O2. The molecule has 0 saturated carbocycles. The molecule has 6 rings (SSSR count). The molecule has 2 aliphatic heterocycles. The van der Waals surface area contributed by atoms with Gasteiger partial charge in [0.2, 0.25) is 0 Å². The first-order valence-electron chi connectivity index (χ1n) is 10.5. The van der Waals surface area contributed by atoms with Crippen molar-refractivity contribution >= 4 is 52.3 Å². The molecule has 2 aliphatic rings. The van der Waals surface area contributed by atoms with Crippen molar-refractivity contribution in [2.45, 2.75) is 0 Å². The summed E-state index contributed by atoms with van der Waals surface area (Å²) in [4.78, 5) is 28.4. The number of carboxylic acids is 1. The van der Waals surface area contributed by atoms with E-state index in [0.717, 1.165) is 33.5 Å². The van der Waals surface area contributed by atoms with Crippen LogP contribution in [0.2, 0.25) is 0 Å². The standard InChI is InChI=1S/C27H18N4O2/c32-27(33)23-4-2-1-3-22(23)26-24-11-9-20(30-24)14-18-7-5-16(28-18)13-17-6-8-19(29-17)15-21-10-12-25(26)31-21/h1-15,28-29H,(H,32,33). The number of H-pyrrole nitrogens is 2. The zero-order valence-electron chi connectivity index (χ0n) is 17.4. The fraction of sp³-hybridized carbons (Fsp3) is 0. The molecule has 1 aromatic carbocycles. The molecule has 8 bridgehead atoms. The summed E-state index contributed by atoms with van der Waals surface area (Å²) in [5.74, 6) is -0.990. The largest absolute Gasteiger partial charge is 0.478 e. The minimum Gasteiger partial charge on any atom is -0.478 e. The number of aromatic carboxylic acids is 1. The van der Waals surface area contributed by atoms with Gasteiger partial charge in [0.25, 0.3) is 0 Å². The van der Waals surface area contributed by atoms with Gasteiger partial charge in [0.1, 0.15) is 0 Å². The summed E-state index contributed by atoms with van der Waals surface area (Å²) in [5, 5.41) is 9.81. The van der Waals surface area contributed by atoms with Gasteiger partial charge in [0.15, 0.2) is 0 Å². The van der Waals surface area contributed by atoms with E-state index >= 15 is 0 Å². The lowest BCUT2D eigenvalue weighted by Crippen LogP contribution is -2.01. The van der Waals surface area contributed by atoms with Crippen molar-refractivity contribution in [2.24, 2.45) is 0 Å². The van der Waals surface area contributed by atoms with E-state index in [1.54, 1.807) is 18.2 Å². The number of aromatic nitrogens is 4. The van der Waals surface area contributed by atoms with Crippen LogP contribution in [-0.4, -0.2) is 31.0 Å². The van der Waals surface area contributed by atoms with Crippen molar-refractivity contribution in [1.82, 2.24) is 19.9 Å². The average Bonchev–Trinajstić information content (AvgIpc) is 3.60. The lowest BCUT2D eigenvalue weighted by molar-refractivity contribution is 0.0697. The molecule has 158 valence electrons. The Morgan fingerprint density at radius 3 is 1.73 bits per heavy atom. The molecule has 0 spiro atoms. The molecule has 0 amide bonds. The van der Waals surface area contributed by atoms with E-state index in [4.69, 9.17) is 9.97 Å². The zero-order chi connectivity index (χ0) is 22.4. The molecular weight excluding hydrogens is 412 g/mol. The topological polar surface area (TPSA) is 94.7 Å². The van der Waals surface area contributed by atoms with Gasteiger partial charge in [-0.05, 0) is 72.8 Å². The van der Waals surface area contributed by atoms with Crippen molar-refractivity contribution in [2.75, 3.05) is 0 Å². The van der Waals surface area contributed by atoms with Gasteiger partial charge in [0.05, 0.1) is 28.3 Å². The van der Waals surface area contributed by atoms with E-state index in [0.29, 0.717) is 22.5 Å². The normalized spacial score (nSPS) is 12.2. The first-order valence-corrected chi connectivity index (χ1v) is 10.5. The van der Waals surface area contributed by atoms with Crippen molar-refractivity contribution in [3.8, 4) is 11.1 Å². The van der Waals surface area contributed by atoms with Crippen LogP contribution in [0.25, 0.3) is 57.5 Å². The van der Waals surface area contributed by atoms with Crippen molar-refractivity contribution in [3.63, 3.8) is 0 Å². The molecule has 6 heteroatoms. The van der Waals surface area contributed by atoms with Gasteiger partial charge in [-0.3, -0.25) is 0 Å². The molecule has 0 atom stereocenters. The fourth-order valence-electron chi connectivity index (χ4n) is 4.17. The van der Waals surface area contributed by atoms with E-state index in [9.17, 15) is 9.90 Å². The van der Waals surface area contributed by atoms with Crippen LogP contribution in [0.5, 0.6) is 0 Å². The number of nitrogens with one attached hydrogen (secondary N) is 2.